The van der Waals surface area contributed by atoms with Gasteiger partial charge < -0.3 is 4.98 Å². The van der Waals surface area contributed by atoms with E-state index in [0.717, 1.165) is 22.8 Å². The molecule has 2 aromatic rings. The molecular formula is C16H19NO. The van der Waals surface area contributed by atoms with Crippen LogP contribution in [0.15, 0.2) is 12.1 Å². The Bertz CT molecular complexity index is 603. The van der Waals surface area contributed by atoms with E-state index >= 15 is 0 Å². The summed E-state index contributed by atoms with van der Waals surface area (Å²) in [5.41, 5.74) is 5.75. The van der Waals surface area contributed by atoms with Crippen molar-refractivity contribution in [3.05, 3.63) is 34.5 Å². The summed E-state index contributed by atoms with van der Waals surface area (Å²) in [6.45, 7) is 4.24. The first kappa shape index (κ1) is 11.5. The highest BCUT2D eigenvalue weighted by molar-refractivity contribution is 6.00. The molecule has 2 heteroatoms. The number of aromatic amines is 1. The van der Waals surface area contributed by atoms with Gasteiger partial charge in [0.05, 0.1) is 0 Å². The van der Waals surface area contributed by atoms with Crippen LogP contribution in [0.3, 0.4) is 0 Å². The van der Waals surface area contributed by atoms with Crippen molar-refractivity contribution in [2.45, 2.75) is 45.4 Å². The van der Waals surface area contributed by atoms with Crippen LogP contribution in [0.5, 0.6) is 0 Å². The lowest BCUT2D eigenvalue weighted by atomic mass is 9.98. The Labute approximate surface area is 107 Å². The molecule has 0 saturated heterocycles. The standard InChI is InChI=1S/C16H19NO/c1-10-7-8-13-14(9-18)16(12-5-3-4-6-12)17-15(13)11(10)2/h7-9,12,17H,3-6H2,1-2H3. The van der Waals surface area contributed by atoms with Crippen molar-refractivity contribution in [1.29, 1.82) is 0 Å². The van der Waals surface area contributed by atoms with Gasteiger partial charge in [-0.25, -0.2) is 0 Å². The normalized spacial score (nSPS) is 16.6. The summed E-state index contributed by atoms with van der Waals surface area (Å²) < 4.78 is 0. The molecule has 1 saturated carbocycles. The van der Waals surface area contributed by atoms with E-state index in [2.05, 4.69) is 31.0 Å². The Balaban J connectivity index is 2.25. The molecule has 0 unspecified atom stereocenters. The summed E-state index contributed by atoms with van der Waals surface area (Å²) in [6, 6.07) is 4.19. The number of fused-ring (bicyclic) bond motifs is 1. The maximum atomic E-state index is 11.4. The van der Waals surface area contributed by atoms with Crippen molar-refractivity contribution < 1.29 is 4.79 Å². The molecular weight excluding hydrogens is 222 g/mol. The van der Waals surface area contributed by atoms with E-state index in [-0.39, 0.29) is 0 Å². The smallest absolute Gasteiger partial charge is 0.152 e. The number of aromatic nitrogens is 1. The van der Waals surface area contributed by atoms with Crippen LogP contribution in [0.1, 0.15) is 58.8 Å². The number of aldehydes is 1. The maximum absolute atomic E-state index is 11.4. The first-order valence-corrected chi connectivity index (χ1v) is 6.79. The molecule has 0 atom stereocenters. The zero-order chi connectivity index (χ0) is 12.7. The zero-order valence-corrected chi connectivity index (χ0v) is 11.0. The zero-order valence-electron chi connectivity index (χ0n) is 11.0. The maximum Gasteiger partial charge on any atom is 0.152 e. The second-order valence-corrected chi connectivity index (χ2v) is 5.48. The van der Waals surface area contributed by atoms with Crippen LogP contribution in [0.4, 0.5) is 0 Å². The summed E-state index contributed by atoms with van der Waals surface area (Å²) in [7, 11) is 0. The first-order valence-electron chi connectivity index (χ1n) is 6.79. The Kier molecular flexibility index (Phi) is 2.73. The van der Waals surface area contributed by atoms with Crippen LogP contribution >= 0.6 is 0 Å². The highest BCUT2D eigenvalue weighted by atomic mass is 16.1. The van der Waals surface area contributed by atoms with Gasteiger partial charge >= 0.3 is 0 Å². The average Bonchev–Trinajstić information content (AvgIpc) is 2.99. The summed E-state index contributed by atoms with van der Waals surface area (Å²) >= 11 is 0. The number of benzene rings is 1. The number of carbonyl (C=O) groups is 1. The first-order chi connectivity index (χ1) is 8.72. The van der Waals surface area contributed by atoms with E-state index in [4.69, 9.17) is 0 Å². The van der Waals surface area contributed by atoms with Crippen LogP contribution in [0, 0.1) is 13.8 Å². The summed E-state index contributed by atoms with van der Waals surface area (Å²) in [5.74, 6) is 0.553. The van der Waals surface area contributed by atoms with Crippen molar-refractivity contribution in [3.63, 3.8) is 0 Å². The van der Waals surface area contributed by atoms with E-state index in [1.807, 2.05) is 0 Å². The molecule has 1 aliphatic carbocycles. The van der Waals surface area contributed by atoms with Gasteiger partial charge in [-0.15, -0.1) is 0 Å². The topological polar surface area (TPSA) is 32.9 Å². The molecule has 2 nitrogen and oxygen atoms in total. The summed E-state index contributed by atoms with van der Waals surface area (Å²) in [4.78, 5) is 15.0. The molecule has 1 heterocycles. The fraction of sp³-hybridized carbons (Fsp3) is 0.438. The monoisotopic (exact) mass is 241 g/mol. The lowest BCUT2D eigenvalue weighted by Crippen LogP contribution is -1.96. The third kappa shape index (κ3) is 1.59. The molecule has 0 spiro atoms. The van der Waals surface area contributed by atoms with E-state index in [1.165, 1.54) is 42.5 Å². The molecule has 1 aromatic carbocycles. The van der Waals surface area contributed by atoms with E-state index in [0.29, 0.717) is 5.92 Å². The van der Waals surface area contributed by atoms with Gasteiger partial charge in [-0.3, -0.25) is 4.79 Å². The largest absolute Gasteiger partial charge is 0.357 e. The van der Waals surface area contributed by atoms with Crippen molar-refractivity contribution >= 4 is 17.2 Å². The number of H-pyrrole nitrogens is 1. The van der Waals surface area contributed by atoms with Gasteiger partial charge in [0.25, 0.3) is 0 Å². The second kappa shape index (κ2) is 4.27. The highest BCUT2D eigenvalue weighted by Crippen LogP contribution is 2.38. The number of carbonyl (C=O) groups excluding carboxylic acids is 1. The molecule has 0 aliphatic heterocycles. The predicted molar refractivity (Wildman–Crippen MR) is 74.4 cm³/mol. The third-order valence-corrected chi connectivity index (χ3v) is 4.46. The average molecular weight is 241 g/mol. The van der Waals surface area contributed by atoms with Gasteiger partial charge in [-0.1, -0.05) is 25.0 Å². The molecule has 1 fully saturated rings. The number of hydrogen-bond donors (Lipinski definition) is 1. The molecule has 94 valence electrons. The predicted octanol–water partition coefficient (Wildman–Crippen LogP) is 4.25. The molecule has 18 heavy (non-hydrogen) atoms. The van der Waals surface area contributed by atoms with Gasteiger partial charge in [0.1, 0.15) is 0 Å². The van der Waals surface area contributed by atoms with Crippen molar-refractivity contribution in [3.8, 4) is 0 Å². The third-order valence-electron chi connectivity index (χ3n) is 4.46. The minimum atomic E-state index is 0.553. The van der Waals surface area contributed by atoms with E-state index < -0.39 is 0 Å². The minimum Gasteiger partial charge on any atom is -0.357 e. The Morgan fingerprint density at radius 2 is 1.94 bits per heavy atom. The quantitative estimate of drug-likeness (QED) is 0.783. The van der Waals surface area contributed by atoms with Gasteiger partial charge in [-0.05, 0) is 43.7 Å². The van der Waals surface area contributed by atoms with Crippen molar-refractivity contribution in [1.82, 2.24) is 4.98 Å². The Morgan fingerprint density at radius 1 is 1.22 bits per heavy atom. The lowest BCUT2D eigenvalue weighted by Gasteiger charge is -2.07. The number of hydrogen-bond acceptors (Lipinski definition) is 1. The highest BCUT2D eigenvalue weighted by Gasteiger charge is 2.23. The lowest BCUT2D eigenvalue weighted by molar-refractivity contribution is 0.112. The van der Waals surface area contributed by atoms with Crippen LogP contribution in [0.25, 0.3) is 10.9 Å². The Morgan fingerprint density at radius 3 is 2.61 bits per heavy atom. The molecule has 0 bridgehead atoms. The molecule has 1 aromatic heterocycles. The molecule has 1 aliphatic rings. The van der Waals surface area contributed by atoms with Crippen LogP contribution in [0.2, 0.25) is 0 Å². The van der Waals surface area contributed by atoms with Crippen molar-refractivity contribution in [2.24, 2.45) is 0 Å². The molecule has 1 N–H and O–H groups in total. The molecule has 3 rings (SSSR count). The molecule has 0 radical (unpaired) electrons. The van der Waals surface area contributed by atoms with Gasteiger partial charge in [0.15, 0.2) is 6.29 Å². The number of nitrogens with one attached hydrogen (secondary N) is 1. The van der Waals surface area contributed by atoms with Gasteiger partial charge in [0.2, 0.25) is 0 Å². The summed E-state index contributed by atoms with van der Waals surface area (Å²) in [6.07, 6.45) is 6.03. The minimum absolute atomic E-state index is 0.553. The van der Waals surface area contributed by atoms with Crippen LogP contribution in [-0.4, -0.2) is 11.3 Å². The number of aryl methyl sites for hydroxylation is 2. The van der Waals surface area contributed by atoms with Crippen molar-refractivity contribution in [2.75, 3.05) is 0 Å². The fourth-order valence-corrected chi connectivity index (χ4v) is 3.21. The van der Waals surface area contributed by atoms with E-state index in [1.54, 1.807) is 0 Å². The van der Waals surface area contributed by atoms with Crippen LogP contribution in [-0.2, 0) is 0 Å². The summed E-state index contributed by atoms with van der Waals surface area (Å²) in [5, 5.41) is 1.09. The van der Waals surface area contributed by atoms with Crippen LogP contribution < -0.4 is 0 Å². The van der Waals surface area contributed by atoms with E-state index in [9.17, 15) is 4.79 Å². The van der Waals surface area contributed by atoms with Gasteiger partial charge in [-0.2, -0.15) is 0 Å². The number of rotatable bonds is 2. The SMILES string of the molecule is Cc1ccc2c(C=O)c(C3CCCC3)[nH]c2c1C. The molecule has 0 amide bonds. The fourth-order valence-electron chi connectivity index (χ4n) is 3.21. The Hall–Kier alpha value is -1.57. The second-order valence-electron chi connectivity index (χ2n) is 5.48. The van der Waals surface area contributed by atoms with Gasteiger partial charge in [0, 0.05) is 22.2 Å².